The van der Waals surface area contributed by atoms with Crippen LogP contribution in [0.3, 0.4) is 0 Å². The number of nitrogens with zero attached hydrogens (tertiary/aromatic N) is 2. The van der Waals surface area contributed by atoms with E-state index in [9.17, 15) is 4.79 Å². The van der Waals surface area contributed by atoms with Gasteiger partial charge < -0.3 is 5.32 Å². The third-order valence-corrected chi connectivity index (χ3v) is 2.37. The minimum absolute atomic E-state index is 0.0915. The molecule has 1 unspecified atom stereocenters. The van der Waals surface area contributed by atoms with Crippen LogP contribution >= 0.6 is 0 Å². The first-order chi connectivity index (χ1) is 6.27. The number of aryl methyl sites for hydroxylation is 1. The fourth-order valence-corrected chi connectivity index (χ4v) is 1.73. The van der Waals surface area contributed by atoms with E-state index < -0.39 is 0 Å². The van der Waals surface area contributed by atoms with Gasteiger partial charge in [-0.25, -0.2) is 9.48 Å². The molecule has 1 aliphatic heterocycles. The molecule has 2 heterocycles. The zero-order valence-electron chi connectivity index (χ0n) is 7.71. The van der Waals surface area contributed by atoms with E-state index in [1.54, 1.807) is 11.6 Å². The Morgan fingerprint density at radius 2 is 2.46 bits per heavy atom. The largest absolute Gasteiger partial charge is 0.343 e. The highest BCUT2D eigenvalue weighted by molar-refractivity contribution is 4.82. The molecule has 0 spiro atoms. The summed E-state index contributed by atoms with van der Waals surface area (Å²) in [5.41, 5.74) is -0.0915. The highest BCUT2D eigenvalue weighted by atomic mass is 16.2. The Kier molecular flexibility index (Phi) is 2.18. The van der Waals surface area contributed by atoms with Crippen molar-refractivity contribution in [2.24, 2.45) is 0 Å². The quantitative estimate of drug-likeness (QED) is 0.632. The van der Waals surface area contributed by atoms with Gasteiger partial charge in [0.2, 0.25) is 0 Å². The molecule has 1 atom stereocenters. The molecule has 0 aromatic carbocycles. The molecule has 0 saturated carbocycles. The molecule has 5 nitrogen and oxygen atoms in total. The lowest BCUT2D eigenvalue weighted by molar-refractivity contribution is 0.338. The van der Waals surface area contributed by atoms with Crippen LogP contribution in [0.5, 0.6) is 0 Å². The lowest BCUT2D eigenvalue weighted by atomic mass is 10.1. The fraction of sp³-hybridized carbons (Fsp3) is 0.750. The summed E-state index contributed by atoms with van der Waals surface area (Å²) in [6, 6.07) is 0.228. The molecule has 72 valence electrons. The van der Waals surface area contributed by atoms with Crippen molar-refractivity contribution in [3.63, 3.8) is 0 Å². The minimum atomic E-state index is -0.0915. The summed E-state index contributed by atoms with van der Waals surface area (Å²) in [5.74, 6) is 0.690. The Bertz CT molecular complexity index is 334. The van der Waals surface area contributed by atoms with E-state index in [1.165, 1.54) is 0 Å². The number of hydrogen-bond acceptors (Lipinski definition) is 3. The first-order valence-corrected chi connectivity index (χ1v) is 4.63. The SMILES string of the molecule is Cc1nn(C2CCCNC2)c(=O)[nH]1. The van der Waals surface area contributed by atoms with E-state index in [-0.39, 0.29) is 11.7 Å². The monoisotopic (exact) mass is 182 g/mol. The van der Waals surface area contributed by atoms with Gasteiger partial charge in [-0.15, -0.1) is 0 Å². The topological polar surface area (TPSA) is 62.7 Å². The molecular formula is C8H14N4O. The molecule has 1 saturated heterocycles. The number of aromatic nitrogens is 3. The van der Waals surface area contributed by atoms with Gasteiger partial charge in [0.25, 0.3) is 0 Å². The molecule has 2 N–H and O–H groups in total. The number of aromatic amines is 1. The first-order valence-electron chi connectivity index (χ1n) is 4.63. The Morgan fingerprint density at radius 1 is 1.62 bits per heavy atom. The summed E-state index contributed by atoms with van der Waals surface area (Å²) < 4.78 is 1.56. The van der Waals surface area contributed by atoms with Crippen LogP contribution in [0.25, 0.3) is 0 Å². The molecule has 13 heavy (non-hydrogen) atoms. The highest BCUT2D eigenvalue weighted by Crippen LogP contribution is 2.12. The molecule has 0 amide bonds. The van der Waals surface area contributed by atoms with Crippen LogP contribution in [0, 0.1) is 6.92 Å². The molecule has 1 aromatic heterocycles. The number of rotatable bonds is 1. The van der Waals surface area contributed by atoms with Crippen LogP contribution in [-0.4, -0.2) is 27.9 Å². The van der Waals surface area contributed by atoms with Gasteiger partial charge in [-0.3, -0.25) is 4.98 Å². The normalized spacial score (nSPS) is 23.3. The number of hydrogen-bond donors (Lipinski definition) is 2. The molecule has 1 aromatic rings. The van der Waals surface area contributed by atoms with E-state index in [0.29, 0.717) is 5.82 Å². The summed E-state index contributed by atoms with van der Waals surface area (Å²) >= 11 is 0. The molecular weight excluding hydrogens is 168 g/mol. The van der Waals surface area contributed by atoms with E-state index in [1.807, 2.05) is 0 Å². The molecule has 0 radical (unpaired) electrons. The van der Waals surface area contributed by atoms with E-state index >= 15 is 0 Å². The Morgan fingerprint density at radius 3 is 3.00 bits per heavy atom. The average molecular weight is 182 g/mol. The summed E-state index contributed by atoms with van der Waals surface area (Å²) in [6.45, 7) is 3.70. The average Bonchev–Trinajstić information content (AvgIpc) is 2.47. The fourth-order valence-electron chi connectivity index (χ4n) is 1.73. The van der Waals surface area contributed by atoms with Crippen molar-refractivity contribution in [1.82, 2.24) is 20.1 Å². The third kappa shape index (κ3) is 1.65. The molecule has 5 heteroatoms. The second-order valence-corrected chi connectivity index (χ2v) is 3.46. The predicted molar refractivity (Wildman–Crippen MR) is 48.7 cm³/mol. The Balaban J connectivity index is 2.23. The Labute approximate surface area is 76.2 Å². The highest BCUT2D eigenvalue weighted by Gasteiger charge is 2.17. The zero-order chi connectivity index (χ0) is 9.26. The molecule has 1 fully saturated rings. The third-order valence-electron chi connectivity index (χ3n) is 2.37. The number of nitrogens with one attached hydrogen (secondary N) is 2. The van der Waals surface area contributed by atoms with Crippen molar-refractivity contribution >= 4 is 0 Å². The maximum atomic E-state index is 11.4. The summed E-state index contributed by atoms with van der Waals surface area (Å²) in [5, 5.41) is 7.40. The smallest absolute Gasteiger partial charge is 0.315 e. The van der Waals surface area contributed by atoms with Gasteiger partial charge in [-0.1, -0.05) is 0 Å². The van der Waals surface area contributed by atoms with Crippen LogP contribution in [0.1, 0.15) is 24.7 Å². The van der Waals surface area contributed by atoms with Crippen molar-refractivity contribution in [2.75, 3.05) is 13.1 Å². The van der Waals surface area contributed by atoms with Gasteiger partial charge in [-0.2, -0.15) is 5.10 Å². The molecule has 0 aliphatic carbocycles. The van der Waals surface area contributed by atoms with Crippen molar-refractivity contribution in [2.45, 2.75) is 25.8 Å². The van der Waals surface area contributed by atoms with Crippen molar-refractivity contribution < 1.29 is 0 Å². The lowest BCUT2D eigenvalue weighted by Gasteiger charge is -2.21. The van der Waals surface area contributed by atoms with Gasteiger partial charge >= 0.3 is 5.69 Å². The van der Waals surface area contributed by atoms with Crippen molar-refractivity contribution in [3.05, 3.63) is 16.3 Å². The maximum Gasteiger partial charge on any atom is 0.343 e. The minimum Gasteiger partial charge on any atom is -0.315 e. The summed E-state index contributed by atoms with van der Waals surface area (Å²) in [4.78, 5) is 14.0. The summed E-state index contributed by atoms with van der Waals surface area (Å²) in [7, 11) is 0. The Hall–Kier alpha value is -1.10. The molecule has 2 rings (SSSR count). The number of piperidine rings is 1. The van der Waals surface area contributed by atoms with Crippen LogP contribution in [0.2, 0.25) is 0 Å². The van der Waals surface area contributed by atoms with Gasteiger partial charge in [-0.05, 0) is 26.3 Å². The number of H-pyrrole nitrogens is 1. The van der Waals surface area contributed by atoms with E-state index in [4.69, 9.17) is 0 Å². The first kappa shape index (κ1) is 8.50. The lowest BCUT2D eigenvalue weighted by Crippen LogP contribution is -2.36. The van der Waals surface area contributed by atoms with E-state index in [0.717, 1.165) is 25.9 Å². The molecule has 0 bridgehead atoms. The summed E-state index contributed by atoms with van der Waals surface area (Å²) in [6.07, 6.45) is 2.15. The van der Waals surface area contributed by atoms with Crippen LogP contribution in [0.4, 0.5) is 0 Å². The van der Waals surface area contributed by atoms with Crippen LogP contribution in [-0.2, 0) is 0 Å². The second-order valence-electron chi connectivity index (χ2n) is 3.46. The van der Waals surface area contributed by atoms with Gasteiger partial charge in [0, 0.05) is 6.54 Å². The van der Waals surface area contributed by atoms with Crippen molar-refractivity contribution in [1.29, 1.82) is 0 Å². The van der Waals surface area contributed by atoms with Crippen LogP contribution < -0.4 is 11.0 Å². The maximum absolute atomic E-state index is 11.4. The van der Waals surface area contributed by atoms with Crippen molar-refractivity contribution in [3.8, 4) is 0 Å². The standard InChI is InChI=1S/C8H14N4O/c1-6-10-8(13)12(11-6)7-3-2-4-9-5-7/h7,9H,2-5H2,1H3,(H,10,11,13). The zero-order valence-corrected chi connectivity index (χ0v) is 7.71. The van der Waals surface area contributed by atoms with Gasteiger partial charge in [0.1, 0.15) is 5.82 Å². The molecule has 1 aliphatic rings. The predicted octanol–water partition coefficient (Wildman–Crippen LogP) is -0.196. The van der Waals surface area contributed by atoms with Gasteiger partial charge in [0.15, 0.2) is 0 Å². The second kappa shape index (κ2) is 3.33. The van der Waals surface area contributed by atoms with E-state index in [2.05, 4.69) is 15.4 Å². The van der Waals surface area contributed by atoms with Gasteiger partial charge in [0.05, 0.1) is 6.04 Å². The van der Waals surface area contributed by atoms with Crippen LogP contribution in [0.15, 0.2) is 4.79 Å².